The lowest BCUT2D eigenvalue weighted by atomic mass is 10.1. The van der Waals surface area contributed by atoms with Gasteiger partial charge >= 0.3 is 0 Å². The highest BCUT2D eigenvalue weighted by Crippen LogP contribution is 2.16. The van der Waals surface area contributed by atoms with Crippen molar-refractivity contribution >= 4 is 21.8 Å². The van der Waals surface area contributed by atoms with Gasteiger partial charge in [-0.15, -0.1) is 0 Å². The molecular formula is C18H28N2O4S. The molecule has 140 valence electrons. The number of carbonyl (C=O) groups is 2. The summed E-state index contributed by atoms with van der Waals surface area (Å²) in [5.74, 6) is -0.972. The van der Waals surface area contributed by atoms with Crippen LogP contribution >= 0.6 is 0 Å². The molecule has 25 heavy (non-hydrogen) atoms. The van der Waals surface area contributed by atoms with Crippen molar-refractivity contribution in [3.05, 3.63) is 29.3 Å². The summed E-state index contributed by atoms with van der Waals surface area (Å²) >= 11 is 0. The lowest BCUT2D eigenvalue weighted by Crippen LogP contribution is -2.30. The number of benzene rings is 1. The van der Waals surface area contributed by atoms with Gasteiger partial charge in [0.1, 0.15) is 0 Å². The zero-order chi connectivity index (χ0) is 18.9. The van der Waals surface area contributed by atoms with E-state index in [-0.39, 0.29) is 17.7 Å². The van der Waals surface area contributed by atoms with Gasteiger partial charge in [-0.2, -0.15) is 0 Å². The molecule has 0 aliphatic carbocycles. The van der Waals surface area contributed by atoms with Crippen molar-refractivity contribution in [3.8, 4) is 0 Å². The highest BCUT2D eigenvalue weighted by Gasteiger charge is 2.18. The molecule has 0 heterocycles. The predicted octanol–water partition coefficient (Wildman–Crippen LogP) is 2.58. The molecular weight excluding hydrogens is 340 g/mol. The van der Waals surface area contributed by atoms with Gasteiger partial charge in [-0.3, -0.25) is 9.59 Å². The van der Waals surface area contributed by atoms with Crippen LogP contribution in [-0.2, 0) is 26.0 Å². The standard InChI is InChI=1S/C18H28N2O4S/c1-3-4-5-6-7-8-9-18(22)20-25(23,24)16-11-10-15(13-17(19)21)14(2)12-16/h10-12H,3-9,13H2,1-2H3,(H2,19,21)(H,20,22). The third-order valence-electron chi connectivity index (χ3n) is 3.99. The van der Waals surface area contributed by atoms with Crippen molar-refractivity contribution in [1.29, 1.82) is 0 Å². The molecule has 0 unspecified atom stereocenters. The minimum absolute atomic E-state index is 0.00881. The molecule has 3 N–H and O–H groups in total. The molecule has 0 saturated carbocycles. The van der Waals surface area contributed by atoms with Crippen LogP contribution in [0.3, 0.4) is 0 Å². The molecule has 1 aromatic carbocycles. The third-order valence-corrected chi connectivity index (χ3v) is 5.37. The summed E-state index contributed by atoms with van der Waals surface area (Å²) in [7, 11) is -3.89. The number of primary amides is 1. The minimum atomic E-state index is -3.89. The first-order valence-electron chi connectivity index (χ1n) is 8.69. The van der Waals surface area contributed by atoms with Gasteiger partial charge in [-0.1, -0.05) is 45.1 Å². The zero-order valence-corrected chi connectivity index (χ0v) is 15.8. The fourth-order valence-corrected chi connectivity index (χ4v) is 3.65. The van der Waals surface area contributed by atoms with E-state index >= 15 is 0 Å². The molecule has 0 bridgehead atoms. The summed E-state index contributed by atoms with van der Waals surface area (Å²) in [5, 5.41) is 0. The van der Waals surface area contributed by atoms with Crippen LogP contribution in [0.4, 0.5) is 0 Å². The molecule has 6 nitrogen and oxygen atoms in total. The van der Waals surface area contributed by atoms with E-state index in [9.17, 15) is 18.0 Å². The third kappa shape index (κ3) is 7.69. The Hall–Kier alpha value is -1.89. The summed E-state index contributed by atoms with van der Waals surface area (Å²) in [4.78, 5) is 22.9. The van der Waals surface area contributed by atoms with Gasteiger partial charge in [-0.05, 0) is 36.6 Å². The van der Waals surface area contributed by atoms with Crippen LogP contribution in [0, 0.1) is 6.92 Å². The number of carbonyl (C=O) groups excluding carboxylic acids is 2. The molecule has 2 amide bonds. The van der Waals surface area contributed by atoms with Gasteiger partial charge in [0.05, 0.1) is 11.3 Å². The van der Waals surface area contributed by atoms with Gasteiger partial charge in [0.25, 0.3) is 10.0 Å². The van der Waals surface area contributed by atoms with E-state index in [2.05, 4.69) is 11.6 Å². The molecule has 1 rings (SSSR count). The number of sulfonamides is 1. The number of hydrogen-bond donors (Lipinski definition) is 2. The Kier molecular flexibility index (Phi) is 8.61. The lowest BCUT2D eigenvalue weighted by Gasteiger charge is -2.10. The number of amides is 2. The van der Waals surface area contributed by atoms with Gasteiger partial charge in [0, 0.05) is 6.42 Å². The molecule has 0 aliphatic rings. The number of nitrogens with two attached hydrogens (primary N) is 1. The van der Waals surface area contributed by atoms with Crippen molar-refractivity contribution in [3.63, 3.8) is 0 Å². The number of rotatable bonds is 11. The molecule has 0 saturated heterocycles. The molecule has 0 spiro atoms. The maximum absolute atomic E-state index is 12.3. The van der Waals surface area contributed by atoms with Gasteiger partial charge in [0.15, 0.2) is 0 Å². The smallest absolute Gasteiger partial charge is 0.264 e. The summed E-state index contributed by atoms with van der Waals surface area (Å²) < 4.78 is 26.7. The minimum Gasteiger partial charge on any atom is -0.369 e. The zero-order valence-electron chi connectivity index (χ0n) is 15.0. The summed E-state index contributed by atoms with van der Waals surface area (Å²) in [6.45, 7) is 3.84. The topological polar surface area (TPSA) is 106 Å². The molecule has 0 fully saturated rings. The lowest BCUT2D eigenvalue weighted by molar-refractivity contribution is -0.119. The van der Waals surface area contributed by atoms with E-state index < -0.39 is 21.8 Å². The Balaban J connectivity index is 2.58. The van der Waals surface area contributed by atoms with Crippen LogP contribution in [0.25, 0.3) is 0 Å². The van der Waals surface area contributed by atoms with Gasteiger partial charge in [-0.25, -0.2) is 13.1 Å². The number of aryl methyl sites for hydroxylation is 1. The SMILES string of the molecule is CCCCCCCCC(=O)NS(=O)(=O)c1ccc(CC(N)=O)c(C)c1. The number of hydrogen-bond acceptors (Lipinski definition) is 4. The van der Waals surface area contributed by atoms with Crippen LogP contribution < -0.4 is 10.5 Å². The van der Waals surface area contributed by atoms with Crippen molar-refractivity contribution in [1.82, 2.24) is 4.72 Å². The Morgan fingerprint density at radius 1 is 1.08 bits per heavy atom. The molecule has 7 heteroatoms. The van der Waals surface area contributed by atoms with E-state index in [4.69, 9.17) is 5.73 Å². The second-order valence-corrected chi connectivity index (χ2v) is 7.96. The summed E-state index contributed by atoms with van der Waals surface area (Å²) in [6, 6.07) is 4.37. The van der Waals surface area contributed by atoms with Crippen LogP contribution in [-0.4, -0.2) is 20.2 Å². The van der Waals surface area contributed by atoms with Crippen molar-refractivity contribution in [2.75, 3.05) is 0 Å². The summed E-state index contributed by atoms with van der Waals surface area (Å²) in [5.41, 5.74) is 6.47. The van der Waals surface area contributed by atoms with Crippen molar-refractivity contribution < 1.29 is 18.0 Å². The van der Waals surface area contributed by atoms with E-state index in [1.165, 1.54) is 18.6 Å². The highest BCUT2D eigenvalue weighted by atomic mass is 32.2. The maximum atomic E-state index is 12.3. The fourth-order valence-electron chi connectivity index (χ4n) is 2.55. The molecule has 0 aliphatic heterocycles. The van der Waals surface area contributed by atoms with E-state index in [0.29, 0.717) is 17.5 Å². The van der Waals surface area contributed by atoms with Gasteiger partial charge in [0.2, 0.25) is 11.8 Å². The van der Waals surface area contributed by atoms with Crippen molar-refractivity contribution in [2.24, 2.45) is 5.73 Å². The predicted molar refractivity (Wildman–Crippen MR) is 97.4 cm³/mol. The van der Waals surface area contributed by atoms with Gasteiger partial charge < -0.3 is 5.73 Å². The number of nitrogens with one attached hydrogen (secondary N) is 1. The first-order valence-corrected chi connectivity index (χ1v) is 10.2. The Morgan fingerprint density at radius 2 is 1.72 bits per heavy atom. The van der Waals surface area contributed by atoms with Crippen LogP contribution in [0.1, 0.15) is 63.0 Å². The Bertz CT molecular complexity index is 699. The largest absolute Gasteiger partial charge is 0.369 e. The van der Waals surface area contributed by atoms with E-state index in [1.807, 2.05) is 0 Å². The quantitative estimate of drug-likeness (QED) is 0.585. The first kappa shape index (κ1) is 21.2. The average molecular weight is 368 g/mol. The molecule has 1 aromatic rings. The van der Waals surface area contributed by atoms with E-state index in [1.54, 1.807) is 13.0 Å². The number of unbranched alkanes of at least 4 members (excludes halogenated alkanes) is 5. The van der Waals surface area contributed by atoms with Crippen LogP contribution in [0.15, 0.2) is 23.1 Å². The monoisotopic (exact) mass is 368 g/mol. The molecule has 0 atom stereocenters. The van der Waals surface area contributed by atoms with Crippen molar-refractivity contribution in [2.45, 2.75) is 70.1 Å². The Labute approximate surface area is 150 Å². The second kappa shape index (κ2) is 10.2. The Morgan fingerprint density at radius 3 is 2.32 bits per heavy atom. The second-order valence-electron chi connectivity index (χ2n) is 6.28. The first-order chi connectivity index (χ1) is 11.8. The van der Waals surface area contributed by atoms with Crippen LogP contribution in [0.5, 0.6) is 0 Å². The molecule has 0 radical (unpaired) electrons. The molecule has 0 aromatic heterocycles. The maximum Gasteiger partial charge on any atom is 0.264 e. The summed E-state index contributed by atoms with van der Waals surface area (Å²) in [6.07, 6.45) is 6.42. The van der Waals surface area contributed by atoms with Crippen LogP contribution in [0.2, 0.25) is 0 Å². The van der Waals surface area contributed by atoms with E-state index in [0.717, 1.165) is 25.7 Å². The average Bonchev–Trinajstić information content (AvgIpc) is 2.51. The fraction of sp³-hybridized carbons (Fsp3) is 0.556. The highest BCUT2D eigenvalue weighted by molar-refractivity contribution is 7.90. The normalized spacial score (nSPS) is 11.3.